The van der Waals surface area contributed by atoms with Gasteiger partial charge >= 0.3 is 0 Å². The van der Waals surface area contributed by atoms with Crippen LogP contribution in [0.1, 0.15) is 22.3 Å². The SMILES string of the molecule is [N-]=[N+]=NC(N=[N+]=[N-])[C@@H](OCc1ccccc1)[C@H](OCc1ccccc1)[C@@H](COCc1ccccc1)OCc1ccccc1. The molecule has 0 spiro atoms. The molecule has 0 aliphatic heterocycles. The quantitative estimate of drug-likeness (QED) is 0.0673. The Labute approximate surface area is 251 Å². The molecule has 10 nitrogen and oxygen atoms in total. The van der Waals surface area contributed by atoms with E-state index in [0.29, 0.717) is 6.61 Å². The zero-order chi connectivity index (χ0) is 30.0. The van der Waals surface area contributed by atoms with Crippen LogP contribution in [-0.2, 0) is 45.4 Å². The van der Waals surface area contributed by atoms with Crippen molar-refractivity contribution in [2.75, 3.05) is 6.61 Å². The molecular weight excluding hydrogens is 544 g/mol. The van der Waals surface area contributed by atoms with Crippen molar-refractivity contribution in [1.82, 2.24) is 0 Å². The van der Waals surface area contributed by atoms with Crippen molar-refractivity contribution in [3.05, 3.63) is 164 Å². The maximum Gasteiger partial charge on any atom is 0.144 e. The molecule has 0 aliphatic rings. The number of hydrogen-bond acceptors (Lipinski definition) is 6. The van der Waals surface area contributed by atoms with Crippen LogP contribution in [-0.4, -0.2) is 31.1 Å². The van der Waals surface area contributed by atoms with Gasteiger partial charge in [0.1, 0.15) is 24.5 Å². The molecule has 4 aromatic rings. The lowest BCUT2D eigenvalue weighted by Crippen LogP contribution is -2.49. The van der Waals surface area contributed by atoms with Gasteiger partial charge in [-0.3, -0.25) is 0 Å². The first-order chi connectivity index (χ1) is 21.3. The highest BCUT2D eigenvalue weighted by atomic mass is 16.6. The summed E-state index contributed by atoms with van der Waals surface area (Å²) in [7, 11) is 0. The molecule has 0 heterocycles. The molecule has 0 aromatic heterocycles. The minimum absolute atomic E-state index is 0.131. The van der Waals surface area contributed by atoms with Crippen molar-refractivity contribution in [3.63, 3.8) is 0 Å². The van der Waals surface area contributed by atoms with Gasteiger partial charge in [-0.15, -0.1) is 0 Å². The molecule has 0 fully saturated rings. The summed E-state index contributed by atoms with van der Waals surface area (Å²) in [6, 6.07) is 38.8. The number of rotatable bonds is 18. The van der Waals surface area contributed by atoms with E-state index in [9.17, 15) is 11.1 Å². The molecule has 0 amide bonds. The monoisotopic (exact) mass is 578 g/mol. The predicted molar refractivity (Wildman–Crippen MR) is 163 cm³/mol. The summed E-state index contributed by atoms with van der Waals surface area (Å²) < 4.78 is 25.5. The summed E-state index contributed by atoms with van der Waals surface area (Å²) >= 11 is 0. The zero-order valence-electron chi connectivity index (χ0n) is 23.7. The first-order valence-corrected chi connectivity index (χ1v) is 13.9. The summed E-state index contributed by atoms with van der Waals surface area (Å²) in [5.74, 6) is 0. The fourth-order valence-electron chi connectivity index (χ4n) is 4.44. The van der Waals surface area contributed by atoms with Crippen LogP contribution in [0.15, 0.2) is 132 Å². The summed E-state index contributed by atoms with van der Waals surface area (Å²) in [5.41, 5.74) is 22.5. The Hall–Kier alpha value is -4.66. The predicted octanol–water partition coefficient (Wildman–Crippen LogP) is 7.91. The molecule has 10 heteroatoms. The van der Waals surface area contributed by atoms with Gasteiger partial charge in [-0.25, -0.2) is 0 Å². The molecule has 0 aliphatic carbocycles. The summed E-state index contributed by atoms with van der Waals surface area (Å²) in [6.07, 6.45) is -3.81. The fourth-order valence-corrected chi connectivity index (χ4v) is 4.44. The molecule has 0 radical (unpaired) electrons. The second kappa shape index (κ2) is 18.0. The van der Waals surface area contributed by atoms with Crippen LogP contribution in [0.4, 0.5) is 0 Å². The van der Waals surface area contributed by atoms with E-state index < -0.39 is 24.5 Å². The van der Waals surface area contributed by atoms with E-state index in [1.807, 2.05) is 121 Å². The molecule has 4 aromatic carbocycles. The van der Waals surface area contributed by atoms with Crippen LogP contribution in [0.25, 0.3) is 20.9 Å². The van der Waals surface area contributed by atoms with Crippen LogP contribution >= 0.6 is 0 Å². The minimum atomic E-state index is -1.25. The Morgan fingerprint density at radius 1 is 0.488 bits per heavy atom. The highest BCUT2D eigenvalue weighted by Gasteiger charge is 2.37. The van der Waals surface area contributed by atoms with Crippen LogP contribution in [0.5, 0.6) is 0 Å². The molecule has 0 saturated carbocycles. The Morgan fingerprint density at radius 2 is 0.860 bits per heavy atom. The number of nitrogens with zero attached hydrogens (tertiary/aromatic N) is 6. The van der Waals surface area contributed by atoms with Gasteiger partial charge < -0.3 is 18.9 Å². The maximum absolute atomic E-state index is 9.37. The number of azide groups is 1. The van der Waals surface area contributed by atoms with Crippen molar-refractivity contribution < 1.29 is 18.9 Å². The van der Waals surface area contributed by atoms with Crippen molar-refractivity contribution in [2.24, 2.45) is 10.2 Å². The lowest BCUT2D eigenvalue weighted by Gasteiger charge is -2.35. The van der Waals surface area contributed by atoms with Crippen molar-refractivity contribution >= 4 is 0 Å². The average molecular weight is 579 g/mol. The summed E-state index contributed by atoms with van der Waals surface area (Å²) in [5, 5.41) is 7.58. The molecule has 43 heavy (non-hydrogen) atoms. The maximum atomic E-state index is 9.37. The van der Waals surface area contributed by atoms with Crippen molar-refractivity contribution in [1.29, 1.82) is 0 Å². The molecule has 0 saturated heterocycles. The first-order valence-electron chi connectivity index (χ1n) is 13.9. The highest BCUT2D eigenvalue weighted by molar-refractivity contribution is 5.16. The summed E-state index contributed by atoms with van der Waals surface area (Å²) in [6.45, 7) is 1.12. The minimum Gasteiger partial charge on any atom is -0.374 e. The standard InChI is InChI=1S/C33H34N6O4/c34-38-36-33(37-39-35)32(43-24-29-19-11-4-12-20-29)31(42-23-28-17-9-3-10-18-28)30(41-22-27-15-7-2-8-16-27)25-40-21-26-13-5-1-6-14-26/h1-20,30-33H,21-25H2/t30-,31-,32+/m1/s1. The number of hydrogen-bond donors (Lipinski definition) is 0. The molecule has 0 N–H and O–H groups in total. The molecule has 3 atom stereocenters. The Kier molecular flexibility index (Phi) is 13.1. The van der Waals surface area contributed by atoms with Gasteiger partial charge in [0.15, 0.2) is 0 Å². The molecule has 0 bridgehead atoms. The zero-order valence-corrected chi connectivity index (χ0v) is 23.7. The Bertz CT molecular complexity index is 1420. The number of benzene rings is 4. The number of ether oxygens (including phenoxy) is 4. The Morgan fingerprint density at radius 3 is 1.28 bits per heavy atom. The second-order valence-corrected chi connectivity index (χ2v) is 9.68. The van der Waals surface area contributed by atoms with E-state index in [1.165, 1.54) is 0 Å². The third-order valence-corrected chi connectivity index (χ3v) is 6.60. The van der Waals surface area contributed by atoms with Crippen molar-refractivity contribution in [2.45, 2.75) is 50.9 Å². The van der Waals surface area contributed by atoms with Gasteiger partial charge in [-0.05, 0) is 33.3 Å². The smallest absolute Gasteiger partial charge is 0.144 e. The van der Waals surface area contributed by atoms with Crippen LogP contribution in [0.2, 0.25) is 0 Å². The third kappa shape index (κ3) is 10.6. The van der Waals surface area contributed by atoms with Crippen LogP contribution in [0.3, 0.4) is 0 Å². The van der Waals surface area contributed by atoms with Gasteiger partial charge in [0, 0.05) is 9.82 Å². The van der Waals surface area contributed by atoms with E-state index in [-0.39, 0.29) is 26.4 Å². The highest BCUT2D eigenvalue weighted by Crippen LogP contribution is 2.24. The van der Waals surface area contributed by atoms with Gasteiger partial charge in [-0.1, -0.05) is 132 Å². The normalized spacial score (nSPS) is 13.6. The topological polar surface area (TPSA) is 134 Å². The molecule has 220 valence electrons. The van der Waals surface area contributed by atoms with Crippen LogP contribution < -0.4 is 0 Å². The van der Waals surface area contributed by atoms with Crippen LogP contribution in [0, 0.1) is 0 Å². The van der Waals surface area contributed by atoms with E-state index in [1.54, 1.807) is 0 Å². The van der Waals surface area contributed by atoms with Gasteiger partial charge in [0.25, 0.3) is 0 Å². The lowest BCUT2D eigenvalue weighted by atomic mass is 10.0. The van der Waals surface area contributed by atoms with E-state index in [2.05, 4.69) is 20.1 Å². The summed E-state index contributed by atoms with van der Waals surface area (Å²) in [4.78, 5) is 5.88. The van der Waals surface area contributed by atoms with Gasteiger partial charge in [0.2, 0.25) is 0 Å². The van der Waals surface area contributed by atoms with Gasteiger partial charge in [0.05, 0.1) is 33.0 Å². The van der Waals surface area contributed by atoms with E-state index >= 15 is 0 Å². The lowest BCUT2D eigenvalue weighted by molar-refractivity contribution is -0.172. The molecular formula is C33H34N6O4. The average Bonchev–Trinajstić information content (AvgIpc) is 3.06. The van der Waals surface area contributed by atoms with E-state index in [0.717, 1.165) is 22.3 Å². The molecule has 4 rings (SSSR count). The second-order valence-electron chi connectivity index (χ2n) is 9.68. The molecule has 0 unspecified atom stereocenters. The van der Waals surface area contributed by atoms with Crippen molar-refractivity contribution in [3.8, 4) is 0 Å². The third-order valence-electron chi connectivity index (χ3n) is 6.60. The van der Waals surface area contributed by atoms with Gasteiger partial charge in [-0.2, -0.15) is 0 Å². The largest absolute Gasteiger partial charge is 0.374 e. The Balaban J connectivity index is 1.67. The van der Waals surface area contributed by atoms with E-state index in [4.69, 9.17) is 18.9 Å². The first kappa shape index (κ1) is 31.3. The fraction of sp³-hybridized carbons (Fsp3) is 0.273.